The highest BCUT2D eigenvalue weighted by Gasteiger charge is 2.48. The highest BCUT2D eigenvalue weighted by atomic mass is 16.6. The standard InChI is InChI=1S/C13H19NO3/c1-12(2)13(15,17-9-8-14-12)10-4-6-11(16-3)7-5-10/h4-7,14-15H,8-9H2,1-3H3/t13-/m0/s1. The van der Waals surface area contributed by atoms with E-state index in [0.29, 0.717) is 6.61 Å². The first-order valence-corrected chi connectivity index (χ1v) is 5.75. The number of methoxy groups -OCH3 is 1. The highest BCUT2D eigenvalue weighted by molar-refractivity contribution is 5.32. The van der Waals surface area contributed by atoms with Gasteiger partial charge in [-0.05, 0) is 38.1 Å². The van der Waals surface area contributed by atoms with Crippen LogP contribution >= 0.6 is 0 Å². The molecule has 1 heterocycles. The lowest BCUT2D eigenvalue weighted by Gasteiger charge is -2.46. The maximum atomic E-state index is 10.7. The fourth-order valence-electron chi connectivity index (χ4n) is 2.12. The molecular formula is C13H19NO3. The minimum atomic E-state index is -1.31. The van der Waals surface area contributed by atoms with Gasteiger partial charge in [0.2, 0.25) is 5.79 Å². The van der Waals surface area contributed by atoms with Gasteiger partial charge in [0.1, 0.15) is 5.75 Å². The average Bonchev–Trinajstić information content (AvgIpc) is 2.33. The second-order valence-corrected chi connectivity index (χ2v) is 4.77. The number of ether oxygens (including phenoxy) is 2. The van der Waals surface area contributed by atoms with Gasteiger partial charge in [-0.1, -0.05) is 0 Å². The molecule has 0 bridgehead atoms. The predicted molar refractivity (Wildman–Crippen MR) is 64.9 cm³/mol. The van der Waals surface area contributed by atoms with Gasteiger partial charge in [0, 0.05) is 12.1 Å². The second-order valence-electron chi connectivity index (χ2n) is 4.77. The quantitative estimate of drug-likeness (QED) is 0.812. The number of benzene rings is 1. The lowest BCUT2D eigenvalue weighted by molar-refractivity contribution is -0.273. The van der Waals surface area contributed by atoms with Gasteiger partial charge in [-0.15, -0.1) is 0 Å². The molecule has 0 saturated carbocycles. The fourth-order valence-corrected chi connectivity index (χ4v) is 2.12. The minimum absolute atomic E-state index is 0.492. The molecule has 0 aliphatic carbocycles. The van der Waals surface area contributed by atoms with E-state index in [9.17, 15) is 5.11 Å². The van der Waals surface area contributed by atoms with Crippen molar-refractivity contribution in [1.82, 2.24) is 5.32 Å². The van der Waals surface area contributed by atoms with Crippen LogP contribution in [0.4, 0.5) is 0 Å². The monoisotopic (exact) mass is 237 g/mol. The largest absolute Gasteiger partial charge is 0.497 e. The highest BCUT2D eigenvalue weighted by Crippen LogP contribution is 2.36. The Bertz CT molecular complexity index is 388. The molecular weight excluding hydrogens is 218 g/mol. The van der Waals surface area contributed by atoms with E-state index in [-0.39, 0.29) is 0 Å². The molecule has 1 aliphatic heterocycles. The molecule has 1 aromatic rings. The third kappa shape index (κ3) is 2.04. The minimum Gasteiger partial charge on any atom is -0.497 e. The van der Waals surface area contributed by atoms with Gasteiger partial charge in [0.25, 0.3) is 0 Å². The van der Waals surface area contributed by atoms with Crippen LogP contribution in [0.5, 0.6) is 5.75 Å². The van der Waals surface area contributed by atoms with Crippen molar-refractivity contribution in [2.75, 3.05) is 20.3 Å². The maximum Gasteiger partial charge on any atom is 0.210 e. The topological polar surface area (TPSA) is 50.7 Å². The van der Waals surface area contributed by atoms with E-state index in [4.69, 9.17) is 9.47 Å². The first-order valence-electron chi connectivity index (χ1n) is 5.75. The van der Waals surface area contributed by atoms with Gasteiger partial charge >= 0.3 is 0 Å². The van der Waals surface area contributed by atoms with E-state index in [1.807, 2.05) is 38.1 Å². The Hall–Kier alpha value is -1.10. The van der Waals surface area contributed by atoms with Crippen molar-refractivity contribution in [1.29, 1.82) is 0 Å². The van der Waals surface area contributed by atoms with Crippen LogP contribution in [0, 0.1) is 0 Å². The third-order valence-corrected chi connectivity index (χ3v) is 3.31. The van der Waals surface area contributed by atoms with Crippen LogP contribution < -0.4 is 10.1 Å². The molecule has 94 valence electrons. The molecule has 1 atom stereocenters. The van der Waals surface area contributed by atoms with E-state index in [1.54, 1.807) is 7.11 Å². The summed E-state index contributed by atoms with van der Waals surface area (Å²) in [6.07, 6.45) is 0. The Morgan fingerprint density at radius 3 is 2.47 bits per heavy atom. The second kappa shape index (κ2) is 4.29. The Morgan fingerprint density at radius 2 is 1.94 bits per heavy atom. The van der Waals surface area contributed by atoms with Gasteiger partial charge < -0.3 is 19.9 Å². The van der Waals surface area contributed by atoms with Crippen LogP contribution in [0.25, 0.3) is 0 Å². The lowest BCUT2D eigenvalue weighted by atomic mass is 9.86. The zero-order valence-electron chi connectivity index (χ0n) is 10.5. The SMILES string of the molecule is COc1ccc([C@]2(O)OCCNC2(C)C)cc1. The van der Waals surface area contributed by atoms with Gasteiger partial charge in [0.15, 0.2) is 0 Å². The van der Waals surface area contributed by atoms with E-state index in [0.717, 1.165) is 17.9 Å². The summed E-state index contributed by atoms with van der Waals surface area (Å²) < 4.78 is 10.7. The van der Waals surface area contributed by atoms with Crippen molar-refractivity contribution < 1.29 is 14.6 Å². The molecule has 2 rings (SSSR count). The van der Waals surface area contributed by atoms with E-state index in [1.165, 1.54) is 0 Å². The molecule has 0 aromatic heterocycles. The molecule has 17 heavy (non-hydrogen) atoms. The number of morpholine rings is 1. The Labute approximate surface area is 102 Å². The van der Waals surface area contributed by atoms with Gasteiger partial charge in [-0.25, -0.2) is 0 Å². The van der Waals surface area contributed by atoms with Crippen molar-refractivity contribution in [2.45, 2.75) is 25.2 Å². The summed E-state index contributed by atoms with van der Waals surface area (Å²) in [5.74, 6) is -0.545. The molecule has 2 N–H and O–H groups in total. The Morgan fingerprint density at radius 1 is 1.29 bits per heavy atom. The molecule has 1 saturated heterocycles. The fraction of sp³-hybridized carbons (Fsp3) is 0.538. The van der Waals surface area contributed by atoms with Gasteiger partial charge in [-0.3, -0.25) is 0 Å². The molecule has 1 aliphatic rings. The van der Waals surface area contributed by atoms with Crippen LogP contribution in [0.2, 0.25) is 0 Å². The van der Waals surface area contributed by atoms with E-state index >= 15 is 0 Å². The molecule has 4 nitrogen and oxygen atoms in total. The summed E-state index contributed by atoms with van der Waals surface area (Å²) in [6.45, 7) is 5.09. The molecule has 1 fully saturated rings. The van der Waals surface area contributed by atoms with Crippen LogP contribution in [0.3, 0.4) is 0 Å². The van der Waals surface area contributed by atoms with Crippen molar-refractivity contribution in [2.24, 2.45) is 0 Å². The molecule has 0 radical (unpaired) electrons. The summed E-state index contributed by atoms with van der Waals surface area (Å²) in [4.78, 5) is 0. The average molecular weight is 237 g/mol. The van der Waals surface area contributed by atoms with Crippen LogP contribution in [0.15, 0.2) is 24.3 Å². The van der Waals surface area contributed by atoms with Gasteiger partial charge in [-0.2, -0.15) is 0 Å². The summed E-state index contributed by atoms with van der Waals surface area (Å²) >= 11 is 0. The summed E-state index contributed by atoms with van der Waals surface area (Å²) in [6, 6.07) is 7.30. The van der Waals surface area contributed by atoms with E-state index < -0.39 is 11.3 Å². The Kier molecular flexibility index (Phi) is 3.12. The number of rotatable bonds is 2. The van der Waals surface area contributed by atoms with Crippen molar-refractivity contribution in [3.8, 4) is 5.75 Å². The third-order valence-electron chi connectivity index (χ3n) is 3.31. The summed E-state index contributed by atoms with van der Waals surface area (Å²) in [5, 5.41) is 14.0. The lowest BCUT2D eigenvalue weighted by Crippen LogP contribution is -2.63. The zero-order chi connectivity index (χ0) is 12.5. The number of hydrogen-bond donors (Lipinski definition) is 2. The summed E-state index contributed by atoms with van der Waals surface area (Å²) in [7, 11) is 1.62. The molecule has 0 amide bonds. The first-order chi connectivity index (χ1) is 7.99. The molecule has 0 spiro atoms. The summed E-state index contributed by atoms with van der Waals surface area (Å²) in [5.41, 5.74) is 0.204. The predicted octanol–water partition coefficient (Wildman–Crippen LogP) is 1.24. The van der Waals surface area contributed by atoms with Crippen molar-refractivity contribution in [3.05, 3.63) is 29.8 Å². The number of aliphatic hydroxyl groups is 1. The van der Waals surface area contributed by atoms with E-state index in [2.05, 4.69) is 5.32 Å². The normalized spacial score (nSPS) is 27.8. The number of nitrogens with one attached hydrogen (secondary N) is 1. The van der Waals surface area contributed by atoms with Crippen molar-refractivity contribution >= 4 is 0 Å². The zero-order valence-corrected chi connectivity index (χ0v) is 10.5. The first kappa shape index (κ1) is 12.4. The van der Waals surface area contributed by atoms with Gasteiger partial charge in [0.05, 0.1) is 19.3 Å². The Balaban J connectivity index is 2.35. The van der Waals surface area contributed by atoms with Crippen LogP contribution in [-0.2, 0) is 10.5 Å². The number of hydrogen-bond acceptors (Lipinski definition) is 4. The smallest absolute Gasteiger partial charge is 0.210 e. The molecule has 4 heteroatoms. The molecule has 0 unspecified atom stereocenters. The van der Waals surface area contributed by atoms with Crippen LogP contribution in [-0.4, -0.2) is 30.9 Å². The van der Waals surface area contributed by atoms with Crippen LogP contribution in [0.1, 0.15) is 19.4 Å². The molecule has 1 aromatic carbocycles. The maximum absolute atomic E-state index is 10.7. The van der Waals surface area contributed by atoms with Crippen molar-refractivity contribution in [3.63, 3.8) is 0 Å².